The second-order valence-corrected chi connectivity index (χ2v) is 4.74. The molecule has 100 valence electrons. The van der Waals surface area contributed by atoms with E-state index in [1.54, 1.807) is 14.2 Å². The average Bonchev–Trinajstić information content (AvgIpc) is 2.38. The van der Waals surface area contributed by atoms with Gasteiger partial charge in [-0.15, -0.1) is 0 Å². The van der Waals surface area contributed by atoms with Crippen LogP contribution in [0.3, 0.4) is 0 Å². The Bertz CT molecular complexity index is 405. The standard InChI is InChI=1S/C14H20O4/c1-9(8-16-2)14-7-12(15)11-6-10(17-3)4-5-13(11)18-14/h4-6,9,12,14-15H,7-8H2,1-3H3/t9?,12-,14?/m1/s1. The van der Waals surface area contributed by atoms with Crippen LogP contribution in [0.2, 0.25) is 0 Å². The van der Waals surface area contributed by atoms with Crippen LogP contribution in [0.4, 0.5) is 0 Å². The second kappa shape index (κ2) is 5.59. The van der Waals surface area contributed by atoms with Crippen LogP contribution in [0.25, 0.3) is 0 Å². The SMILES string of the molecule is COCC(C)C1C[C@@H](O)c2cc(OC)ccc2O1. The van der Waals surface area contributed by atoms with Gasteiger partial charge in [-0.25, -0.2) is 0 Å². The fourth-order valence-electron chi connectivity index (χ4n) is 2.30. The molecule has 1 aromatic rings. The number of benzene rings is 1. The number of aliphatic hydroxyl groups excluding tert-OH is 1. The molecule has 18 heavy (non-hydrogen) atoms. The first kappa shape index (κ1) is 13.2. The molecule has 2 unspecified atom stereocenters. The van der Waals surface area contributed by atoms with Gasteiger partial charge in [0.2, 0.25) is 0 Å². The molecule has 1 aliphatic heterocycles. The monoisotopic (exact) mass is 252 g/mol. The van der Waals surface area contributed by atoms with Crippen LogP contribution in [0.1, 0.15) is 25.0 Å². The third-order valence-electron chi connectivity index (χ3n) is 3.37. The first-order chi connectivity index (χ1) is 8.65. The van der Waals surface area contributed by atoms with Crippen LogP contribution in [-0.4, -0.2) is 32.0 Å². The molecule has 0 radical (unpaired) electrons. The Kier molecular flexibility index (Phi) is 4.09. The van der Waals surface area contributed by atoms with E-state index in [9.17, 15) is 5.11 Å². The zero-order valence-corrected chi connectivity index (χ0v) is 11.1. The lowest BCUT2D eigenvalue weighted by molar-refractivity contribution is 0.0135. The maximum Gasteiger partial charge on any atom is 0.125 e. The van der Waals surface area contributed by atoms with E-state index >= 15 is 0 Å². The van der Waals surface area contributed by atoms with Crippen molar-refractivity contribution < 1.29 is 19.3 Å². The molecule has 3 atom stereocenters. The van der Waals surface area contributed by atoms with Crippen molar-refractivity contribution in [1.29, 1.82) is 0 Å². The highest BCUT2D eigenvalue weighted by molar-refractivity contribution is 5.43. The van der Waals surface area contributed by atoms with Crippen LogP contribution >= 0.6 is 0 Å². The number of rotatable bonds is 4. The molecule has 0 spiro atoms. The van der Waals surface area contributed by atoms with Crippen LogP contribution in [0.15, 0.2) is 18.2 Å². The predicted octanol–water partition coefficient (Wildman–Crippen LogP) is 2.16. The minimum absolute atomic E-state index is 0.0131. The van der Waals surface area contributed by atoms with E-state index < -0.39 is 6.10 Å². The fourth-order valence-corrected chi connectivity index (χ4v) is 2.30. The molecule has 0 amide bonds. The molecule has 1 aliphatic rings. The van der Waals surface area contributed by atoms with Gasteiger partial charge >= 0.3 is 0 Å². The molecule has 0 aliphatic carbocycles. The largest absolute Gasteiger partial charge is 0.497 e. The van der Waals surface area contributed by atoms with Gasteiger partial charge in [0.1, 0.15) is 17.6 Å². The summed E-state index contributed by atoms with van der Waals surface area (Å²) < 4.78 is 16.2. The Morgan fingerprint density at radius 3 is 2.89 bits per heavy atom. The molecular weight excluding hydrogens is 232 g/mol. The van der Waals surface area contributed by atoms with Crippen molar-refractivity contribution in [1.82, 2.24) is 0 Å². The topological polar surface area (TPSA) is 47.9 Å². The Morgan fingerprint density at radius 2 is 2.22 bits per heavy atom. The van der Waals surface area contributed by atoms with Crippen LogP contribution in [0, 0.1) is 5.92 Å². The third-order valence-corrected chi connectivity index (χ3v) is 3.37. The Morgan fingerprint density at radius 1 is 1.44 bits per heavy atom. The summed E-state index contributed by atoms with van der Waals surface area (Å²) in [5.74, 6) is 1.72. The number of ether oxygens (including phenoxy) is 3. The van der Waals surface area contributed by atoms with E-state index in [1.165, 1.54) is 0 Å². The van der Waals surface area contributed by atoms with E-state index in [-0.39, 0.29) is 12.0 Å². The molecule has 4 nitrogen and oxygen atoms in total. The first-order valence-corrected chi connectivity index (χ1v) is 6.17. The van der Waals surface area contributed by atoms with Gasteiger partial charge in [-0.2, -0.15) is 0 Å². The summed E-state index contributed by atoms with van der Waals surface area (Å²) in [7, 11) is 3.29. The van der Waals surface area contributed by atoms with Crippen LogP contribution in [0.5, 0.6) is 11.5 Å². The van der Waals surface area contributed by atoms with Crippen molar-refractivity contribution >= 4 is 0 Å². The molecule has 1 aromatic carbocycles. The Labute approximate surface area is 107 Å². The highest BCUT2D eigenvalue weighted by Crippen LogP contribution is 2.38. The summed E-state index contributed by atoms with van der Waals surface area (Å²) in [6.45, 7) is 2.69. The quantitative estimate of drug-likeness (QED) is 0.892. The van der Waals surface area contributed by atoms with Gasteiger partial charge < -0.3 is 19.3 Å². The maximum absolute atomic E-state index is 10.2. The average molecular weight is 252 g/mol. The summed E-state index contributed by atoms with van der Waals surface area (Å²) in [5, 5.41) is 10.2. The van der Waals surface area contributed by atoms with Gasteiger partial charge in [0.15, 0.2) is 0 Å². The zero-order chi connectivity index (χ0) is 13.1. The van der Waals surface area contributed by atoms with Crippen LogP contribution in [-0.2, 0) is 4.74 Å². The summed E-state index contributed by atoms with van der Waals surface area (Å²) in [5.41, 5.74) is 0.801. The summed E-state index contributed by atoms with van der Waals surface area (Å²) in [6.07, 6.45) is 0.0685. The van der Waals surface area contributed by atoms with Gasteiger partial charge in [0.05, 0.1) is 19.8 Å². The summed E-state index contributed by atoms with van der Waals surface area (Å²) in [4.78, 5) is 0. The number of hydrogen-bond donors (Lipinski definition) is 1. The number of fused-ring (bicyclic) bond motifs is 1. The summed E-state index contributed by atoms with van der Waals surface area (Å²) in [6, 6.07) is 5.52. The Balaban J connectivity index is 2.18. The molecule has 0 bridgehead atoms. The lowest BCUT2D eigenvalue weighted by Crippen LogP contribution is -2.33. The Hall–Kier alpha value is -1.26. The lowest BCUT2D eigenvalue weighted by atomic mass is 9.92. The second-order valence-electron chi connectivity index (χ2n) is 4.74. The predicted molar refractivity (Wildman–Crippen MR) is 68.0 cm³/mol. The molecule has 2 rings (SSSR count). The number of methoxy groups -OCH3 is 2. The number of hydrogen-bond acceptors (Lipinski definition) is 4. The molecule has 4 heteroatoms. The van der Waals surface area contributed by atoms with E-state index in [0.29, 0.717) is 13.0 Å². The number of aliphatic hydroxyl groups is 1. The van der Waals surface area contributed by atoms with Crippen molar-refractivity contribution in [2.75, 3.05) is 20.8 Å². The maximum atomic E-state index is 10.2. The van der Waals surface area contributed by atoms with Crippen LogP contribution < -0.4 is 9.47 Å². The highest BCUT2D eigenvalue weighted by Gasteiger charge is 2.30. The highest BCUT2D eigenvalue weighted by atomic mass is 16.5. The molecule has 0 aromatic heterocycles. The lowest BCUT2D eigenvalue weighted by Gasteiger charge is -2.33. The molecule has 0 saturated heterocycles. The molecular formula is C14H20O4. The first-order valence-electron chi connectivity index (χ1n) is 6.17. The van der Waals surface area contributed by atoms with Gasteiger partial charge in [0.25, 0.3) is 0 Å². The van der Waals surface area contributed by atoms with Gasteiger partial charge in [-0.05, 0) is 18.2 Å². The van der Waals surface area contributed by atoms with Crippen molar-refractivity contribution in [3.05, 3.63) is 23.8 Å². The van der Waals surface area contributed by atoms with Crippen molar-refractivity contribution in [3.8, 4) is 11.5 Å². The third kappa shape index (κ3) is 2.60. The van der Waals surface area contributed by atoms with E-state index in [0.717, 1.165) is 17.1 Å². The minimum Gasteiger partial charge on any atom is -0.497 e. The van der Waals surface area contributed by atoms with E-state index in [4.69, 9.17) is 14.2 Å². The minimum atomic E-state index is -0.506. The van der Waals surface area contributed by atoms with E-state index in [2.05, 4.69) is 6.92 Å². The van der Waals surface area contributed by atoms with Gasteiger partial charge in [-0.1, -0.05) is 6.92 Å². The molecule has 1 N–H and O–H groups in total. The normalized spacial score (nSPS) is 24.0. The summed E-state index contributed by atoms with van der Waals surface area (Å²) >= 11 is 0. The van der Waals surface area contributed by atoms with E-state index in [1.807, 2.05) is 18.2 Å². The van der Waals surface area contributed by atoms with Crippen molar-refractivity contribution in [2.45, 2.75) is 25.6 Å². The smallest absolute Gasteiger partial charge is 0.125 e. The molecule has 0 fully saturated rings. The molecule has 1 heterocycles. The van der Waals surface area contributed by atoms with Crippen molar-refractivity contribution in [2.24, 2.45) is 5.92 Å². The molecule has 0 saturated carbocycles. The zero-order valence-electron chi connectivity index (χ0n) is 11.1. The fraction of sp³-hybridized carbons (Fsp3) is 0.571. The van der Waals surface area contributed by atoms with Gasteiger partial charge in [-0.3, -0.25) is 0 Å². The van der Waals surface area contributed by atoms with Gasteiger partial charge in [0, 0.05) is 25.0 Å². The van der Waals surface area contributed by atoms with Crippen molar-refractivity contribution in [3.63, 3.8) is 0 Å².